The van der Waals surface area contributed by atoms with E-state index in [0.717, 1.165) is 31.4 Å². The molecule has 4 rings (SSSR count). The minimum Gasteiger partial charge on any atom is -0.405 e. The van der Waals surface area contributed by atoms with E-state index in [1.165, 1.54) is 30.3 Å². The fraction of sp³-hybridized carbons (Fsp3) is 0.333. The van der Waals surface area contributed by atoms with Crippen molar-refractivity contribution in [2.45, 2.75) is 31.8 Å². The van der Waals surface area contributed by atoms with Crippen molar-refractivity contribution >= 4 is 5.69 Å². The van der Waals surface area contributed by atoms with Gasteiger partial charge in [-0.1, -0.05) is 17.3 Å². The minimum absolute atomic E-state index is 0.00561. The van der Waals surface area contributed by atoms with E-state index in [4.69, 9.17) is 4.52 Å². The zero-order valence-corrected chi connectivity index (χ0v) is 16.5. The van der Waals surface area contributed by atoms with E-state index in [0.29, 0.717) is 13.1 Å². The van der Waals surface area contributed by atoms with Crippen molar-refractivity contribution in [3.05, 3.63) is 48.0 Å². The van der Waals surface area contributed by atoms with E-state index in [-0.39, 0.29) is 28.5 Å². The molecular formula is C21H17F6N3O2. The van der Waals surface area contributed by atoms with Crippen molar-refractivity contribution in [2.75, 3.05) is 18.0 Å². The number of halogens is 6. The number of hydrogen-bond donors (Lipinski definition) is 0. The Balaban J connectivity index is 1.69. The predicted molar refractivity (Wildman–Crippen MR) is 103 cm³/mol. The maximum absolute atomic E-state index is 13.8. The summed E-state index contributed by atoms with van der Waals surface area (Å²) in [6.45, 7) is 1.06. The Labute approximate surface area is 178 Å². The van der Waals surface area contributed by atoms with Gasteiger partial charge in [0.2, 0.25) is 5.82 Å². The van der Waals surface area contributed by atoms with Crippen molar-refractivity contribution in [1.82, 2.24) is 10.1 Å². The van der Waals surface area contributed by atoms with Crippen LogP contribution in [0.1, 0.15) is 24.8 Å². The van der Waals surface area contributed by atoms with E-state index < -0.39 is 23.9 Å². The van der Waals surface area contributed by atoms with Gasteiger partial charge in [0.05, 0.1) is 11.1 Å². The summed E-state index contributed by atoms with van der Waals surface area (Å²) in [5, 5.41) is 3.63. The van der Waals surface area contributed by atoms with Gasteiger partial charge in [0.15, 0.2) is 0 Å². The molecule has 0 aliphatic carbocycles. The quantitative estimate of drug-likeness (QED) is 0.430. The Kier molecular flexibility index (Phi) is 5.74. The van der Waals surface area contributed by atoms with Crippen LogP contribution in [0.5, 0.6) is 5.75 Å². The molecule has 0 bridgehead atoms. The number of piperidine rings is 1. The number of rotatable bonds is 4. The van der Waals surface area contributed by atoms with Crippen LogP contribution in [0, 0.1) is 0 Å². The smallest absolute Gasteiger partial charge is 0.405 e. The lowest BCUT2D eigenvalue weighted by atomic mass is 10.0. The molecule has 3 aromatic rings. The second-order valence-electron chi connectivity index (χ2n) is 7.24. The average Bonchev–Trinajstić information content (AvgIpc) is 3.23. The fourth-order valence-electron chi connectivity index (χ4n) is 3.62. The van der Waals surface area contributed by atoms with Crippen molar-refractivity contribution < 1.29 is 35.6 Å². The second-order valence-corrected chi connectivity index (χ2v) is 7.24. The van der Waals surface area contributed by atoms with Crippen molar-refractivity contribution in [3.8, 4) is 28.6 Å². The largest absolute Gasteiger partial charge is 0.573 e. The highest BCUT2D eigenvalue weighted by atomic mass is 19.4. The molecule has 0 saturated carbocycles. The molecule has 0 unspecified atom stereocenters. The highest BCUT2D eigenvalue weighted by Gasteiger charge is 2.36. The van der Waals surface area contributed by atoms with Crippen LogP contribution in [-0.4, -0.2) is 29.6 Å². The topological polar surface area (TPSA) is 51.4 Å². The summed E-state index contributed by atoms with van der Waals surface area (Å²) in [7, 11) is 0. The van der Waals surface area contributed by atoms with Gasteiger partial charge in [-0.2, -0.15) is 18.2 Å². The lowest BCUT2D eigenvalue weighted by Crippen LogP contribution is -2.31. The number of aromatic nitrogens is 2. The third kappa shape index (κ3) is 4.81. The van der Waals surface area contributed by atoms with Gasteiger partial charge in [0, 0.05) is 24.3 Å². The summed E-state index contributed by atoms with van der Waals surface area (Å²) in [5.74, 6) is -1.05. The van der Waals surface area contributed by atoms with Gasteiger partial charge in [-0.25, -0.2) is 0 Å². The zero-order valence-electron chi connectivity index (χ0n) is 16.5. The first kappa shape index (κ1) is 22.0. The molecule has 11 heteroatoms. The summed E-state index contributed by atoms with van der Waals surface area (Å²) in [5.41, 5.74) is -0.867. The molecule has 170 valence electrons. The van der Waals surface area contributed by atoms with Gasteiger partial charge in [-0.15, -0.1) is 13.2 Å². The van der Waals surface area contributed by atoms with Crippen LogP contribution in [-0.2, 0) is 6.18 Å². The molecular weight excluding hydrogens is 440 g/mol. The molecule has 2 aromatic carbocycles. The number of para-hydroxylation sites is 1. The number of anilines is 1. The van der Waals surface area contributed by atoms with E-state index in [1.807, 2.05) is 0 Å². The third-order valence-electron chi connectivity index (χ3n) is 5.03. The normalized spacial score (nSPS) is 15.1. The molecule has 1 aliphatic heterocycles. The Morgan fingerprint density at radius 1 is 0.906 bits per heavy atom. The van der Waals surface area contributed by atoms with Crippen LogP contribution in [0.2, 0.25) is 0 Å². The average molecular weight is 457 g/mol. The van der Waals surface area contributed by atoms with Crippen molar-refractivity contribution in [1.29, 1.82) is 0 Å². The van der Waals surface area contributed by atoms with Gasteiger partial charge in [-0.05, 0) is 49.6 Å². The summed E-state index contributed by atoms with van der Waals surface area (Å²) in [6.07, 6.45) is -6.95. The molecule has 1 fully saturated rings. The van der Waals surface area contributed by atoms with E-state index in [1.54, 1.807) is 4.90 Å². The number of ether oxygens (including phenoxy) is 1. The van der Waals surface area contributed by atoms with Gasteiger partial charge in [0.25, 0.3) is 5.89 Å². The minimum atomic E-state index is -4.94. The number of benzene rings is 2. The van der Waals surface area contributed by atoms with Gasteiger partial charge in [-0.3, -0.25) is 0 Å². The molecule has 0 amide bonds. The van der Waals surface area contributed by atoms with Crippen molar-refractivity contribution in [2.24, 2.45) is 0 Å². The van der Waals surface area contributed by atoms with Crippen molar-refractivity contribution in [3.63, 3.8) is 0 Å². The third-order valence-corrected chi connectivity index (χ3v) is 5.03. The van der Waals surface area contributed by atoms with Crippen LogP contribution in [0.15, 0.2) is 47.0 Å². The fourth-order valence-corrected chi connectivity index (χ4v) is 3.62. The maximum Gasteiger partial charge on any atom is 0.573 e. The van der Waals surface area contributed by atoms with Crippen LogP contribution in [0.3, 0.4) is 0 Å². The highest BCUT2D eigenvalue weighted by molar-refractivity contribution is 5.68. The van der Waals surface area contributed by atoms with Gasteiger partial charge in [0.1, 0.15) is 5.75 Å². The van der Waals surface area contributed by atoms with Gasteiger partial charge < -0.3 is 14.2 Å². The molecule has 1 aromatic heterocycles. The SMILES string of the molecule is FC(F)(F)Oc1ccccc1-c1noc(-c2ccc(N3CCCCC3)c(C(F)(F)F)c2)n1. The first-order chi connectivity index (χ1) is 15.1. The Morgan fingerprint density at radius 2 is 1.62 bits per heavy atom. The highest BCUT2D eigenvalue weighted by Crippen LogP contribution is 2.40. The molecule has 5 nitrogen and oxygen atoms in total. The monoisotopic (exact) mass is 457 g/mol. The summed E-state index contributed by atoms with van der Waals surface area (Å²) in [6, 6.07) is 8.84. The number of hydrogen-bond acceptors (Lipinski definition) is 5. The number of alkyl halides is 6. The molecule has 2 heterocycles. The predicted octanol–water partition coefficient (Wildman–Crippen LogP) is 6.31. The lowest BCUT2D eigenvalue weighted by molar-refractivity contribution is -0.274. The molecule has 0 atom stereocenters. The lowest BCUT2D eigenvalue weighted by Gasteiger charge is -2.31. The maximum atomic E-state index is 13.8. The van der Waals surface area contributed by atoms with E-state index in [9.17, 15) is 26.3 Å². The molecule has 0 N–H and O–H groups in total. The summed E-state index contributed by atoms with van der Waals surface area (Å²) >= 11 is 0. The van der Waals surface area contributed by atoms with E-state index in [2.05, 4.69) is 14.9 Å². The van der Waals surface area contributed by atoms with Crippen LogP contribution in [0.25, 0.3) is 22.8 Å². The molecule has 32 heavy (non-hydrogen) atoms. The molecule has 1 aliphatic rings. The summed E-state index contributed by atoms with van der Waals surface area (Å²) in [4.78, 5) is 5.70. The number of nitrogens with zero attached hydrogens (tertiary/aromatic N) is 3. The second kappa shape index (κ2) is 8.36. The van der Waals surface area contributed by atoms with Gasteiger partial charge >= 0.3 is 12.5 Å². The Morgan fingerprint density at radius 3 is 2.31 bits per heavy atom. The summed E-state index contributed by atoms with van der Waals surface area (Å²) < 4.78 is 88.3. The Hall–Kier alpha value is -3.24. The molecule has 0 radical (unpaired) electrons. The molecule has 0 spiro atoms. The van der Waals surface area contributed by atoms with E-state index >= 15 is 0 Å². The first-order valence-electron chi connectivity index (χ1n) is 9.77. The van der Waals surface area contributed by atoms with Crippen LogP contribution < -0.4 is 9.64 Å². The molecule has 1 saturated heterocycles. The van der Waals surface area contributed by atoms with Crippen LogP contribution in [0.4, 0.5) is 32.0 Å². The zero-order chi connectivity index (χ0) is 22.9. The first-order valence-corrected chi connectivity index (χ1v) is 9.77. The van der Waals surface area contributed by atoms with Crippen LogP contribution >= 0.6 is 0 Å². The standard InChI is InChI=1S/C21H17F6N3O2/c22-20(23,24)15-12-13(8-9-16(15)30-10-4-1-5-11-30)19-28-18(29-32-19)14-6-2-3-7-17(14)31-21(25,26)27/h2-3,6-9,12H,1,4-5,10-11H2. The Bertz CT molecular complexity index is 1090.